The SMILES string of the molecule is CNC(=O)c1n[nH]c2ccc(N)cc12.CNC(=O)c1n[nH]c2ccc([N+](=O)[O-])cc12.O=C(O)c1n[nH]c2ccc([N+](=O)[O-])cc12.O=C(O)c1n[nH]c2ccccc12. The second-order valence-corrected chi connectivity index (χ2v) is 11.4. The zero-order valence-electron chi connectivity index (χ0n) is 29.4. The number of carbonyl (C=O) groups excluding carboxylic acids is 2. The molecule has 0 aliphatic carbocycles. The van der Waals surface area contributed by atoms with Crippen molar-refractivity contribution in [1.82, 2.24) is 51.4 Å². The summed E-state index contributed by atoms with van der Waals surface area (Å²) in [7, 11) is 3.04. The van der Waals surface area contributed by atoms with E-state index in [0.717, 1.165) is 16.4 Å². The lowest BCUT2D eigenvalue weighted by molar-refractivity contribution is -0.384. The molecular weight excluding hydrogens is 750 g/mol. The number of hydrogen-bond donors (Lipinski definition) is 9. The van der Waals surface area contributed by atoms with Crippen molar-refractivity contribution in [3.05, 3.63) is 122 Å². The van der Waals surface area contributed by atoms with Crippen LogP contribution in [0.2, 0.25) is 0 Å². The molecule has 0 aliphatic heterocycles. The second kappa shape index (κ2) is 16.9. The monoisotopic (exact) mass is 779 g/mol. The predicted molar refractivity (Wildman–Crippen MR) is 203 cm³/mol. The molecule has 0 saturated carbocycles. The number of H-pyrrole nitrogens is 4. The van der Waals surface area contributed by atoms with Crippen LogP contribution in [0.15, 0.2) is 78.9 Å². The number of benzene rings is 4. The Hall–Kier alpha value is -8.76. The van der Waals surface area contributed by atoms with E-state index in [1.54, 1.807) is 43.4 Å². The number of rotatable bonds is 6. The molecule has 4 aromatic heterocycles. The summed E-state index contributed by atoms with van der Waals surface area (Å²) < 4.78 is 0. The summed E-state index contributed by atoms with van der Waals surface area (Å²) in [5, 5.41) is 71.0. The number of nitrogens with two attached hydrogens (primary N) is 1. The summed E-state index contributed by atoms with van der Waals surface area (Å²) in [6, 6.07) is 20.5. The molecule has 0 bridgehead atoms. The summed E-state index contributed by atoms with van der Waals surface area (Å²) in [6.45, 7) is 0. The van der Waals surface area contributed by atoms with Crippen LogP contribution < -0.4 is 16.4 Å². The third kappa shape index (κ3) is 8.73. The van der Waals surface area contributed by atoms with Crippen molar-refractivity contribution in [2.75, 3.05) is 19.8 Å². The van der Waals surface area contributed by atoms with E-state index in [1.165, 1.54) is 43.4 Å². The van der Waals surface area contributed by atoms with Crippen molar-refractivity contribution < 1.29 is 39.2 Å². The highest BCUT2D eigenvalue weighted by Crippen LogP contribution is 2.23. The number of carboxylic acids is 2. The molecule has 0 aliphatic rings. The van der Waals surface area contributed by atoms with Gasteiger partial charge in [-0.3, -0.25) is 50.2 Å². The first kappa shape index (κ1) is 39.4. The highest BCUT2D eigenvalue weighted by atomic mass is 16.6. The van der Waals surface area contributed by atoms with Crippen LogP contribution >= 0.6 is 0 Å². The number of carbonyl (C=O) groups is 4. The maximum Gasteiger partial charge on any atom is 0.357 e. The quantitative estimate of drug-likeness (QED) is 0.0659. The average molecular weight is 780 g/mol. The van der Waals surface area contributed by atoms with Gasteiger partial charge in [0, 0.05) is 65.6 Å². The topological polar surface area (TPSA) is 360 Å². The van der Waals surface area contributed by atoms with Crippen LogP contribution in [0, 0.1) is 20.2 Å². The number of non-ortho nitro benzene ring substituents is 2. The first-order valence-electron chi connectivity index (χ1n) is 16.1. The number of aromatic amines is 4. The number of nitrogens with one attached hydrogen (secondary N) is 6. The Morgan fingerprint density at radius 3 is 1.37 bits per heavy atom. The molecule has 10 N–H and O–H groups in total. The molecule has 8 rings (SSSR count). The minimum atomic E-state index is -1.22. The van der Waals surface area contributed by atoms with Crippen molar-refractivity contribution in [3.63, 3.8) is 0 Å². The minimum Gasteiger partial charge on any atom is -0.476 e. The van der Waals surface area contributed by atoms with Crippen LogP contribution in [0.1, 0.15) is 42.0 Å². The third-order valence-corrected chi connectivity index (χ3v) is 7.86. The first-order chi connectivity index (χ1) is 27.2. The maximum atomic E-state index is 11.4. The lowest BCUT2D eigenvalue weighted by Gasteiger charge is -1.96. The lowest BCUT2D eigenvalue weighted by Crippen LogP contribution is -2.18. The molecule has 2 amide bonds. The zero-order valence-corrected chi connectivity index (χ0v) is 29.4. The Morgan fingerprint density at radius 1 is 0.561 bits per heavy atom. The molecule has 0 spiro atoms. The number of aromatic nitrogens is 8. The largest absolute Gasteiger partial charge is 0.476 e. The first-order valence-corrected chi connectivity index (χ1v) is 16.1. The third-order valence-electron chi connectivity index (χ3n) is 7.86. The number of fused-ring (bicyclic) bond motifs is 4. The summed E-state index contributed by atoms with van der Waals surface area (Å²) in [6.07, 6.45) is 0. The average Bonchev–Trinajstić information content (AvgIpc) is 4.02. The molecule has 8 aromatic rings. The molecule has 0 radical (unpaired) electrons. The zero-order chi connectivity index (χ0) is 41.4. The van der Waals surface area contributed by atoms with Gasteiger partial charge in [0.15, 0.2) is 22.8 Å². The van der Waals surface area contributed by atoms with Gasteiger partial charge in [0.2, 0.25) is 0 Å². The number of carboxylic acid groups (broad SMARTS) is 2. The van der Waals surface area contributed by atoms with Crippen molar-refractivity contribution in [1.29, 1.82) is 0 Å². The number of nitro benzene ring substituents is 2. The van der Waals surface area contributed by atoms with E-state index in [4.69, 9.17) is 15.9 Å². The van der Waals surface area contributed by atoms with Crippen molar-refractivity contribution >= 4 is 84.4 Å². The van der Waals surface area contributed by atoms with E-state index in [2.05, 4.69) is 51.4 Å². The summed E-state index contributed by atoms with van der Waals surface area (Å²) in [4.78, 5) is 64.0. The Labute approximate surface area is 316 Å². The van der Waals surface area contributed by atoms with Crippen LogP contribution in [-0.4, -0.2) is 98.7 Å². The number of para-hydroxylation sites is 1. The number of hydrogen-bond acceptors (Lipinski definition) is 13. The fourth-order valence-corrected chi connectivity index (χ4v) is 5.14. The molecule has 4 heterocycles. The lowest BCUT2D eigenvalue weighted by atomic mass is 10.2. The Bertz CT molecular complexity index is 2820. The fraction of sp³-hybridized carbons (Fsp3) is 0.0588. The number of nitro groups is 2. The van der Waals surface area contributed by atoms with E-state index in [9.17, 15) is 39.4 Å². The Morgan fingerprint density at radius 2 is 0.930 bits per heavy atom. The van der Waals surface area contributed by atoms with Gasteiger partial charge in [0.05, 0.1) is 31.9 Å². The number of aromatic carboxylic acids is 2. The highest BCUT2D eigenvalue weighted by molar-refractivity contribution is 6.06. The highest BCUT2D eigenvalue weighted by Gasteiger charge is 2.17. The molecule has 0 unspecified atom stereocenters. The number of nitrogen functional groups attached to an aromatic ring is 1. The molecule has 0 fully saturated rings. The van der Waals surface area contributed by atoms with Crippen molar-refractivity contribution in [3.8, 4) is 0 Å². The molecule has 23 heteroatoms. The van der Waals surface area contributed by atoms with E-state index in [-0.39, 0.29) is 45.7 Å². The van der Waals surface area contributed by atoms with Gasteiger partial charge in [-0.05, 0) is 36.4 Å². The van der Waals surface area contributed by atoms with E-state index in [1.807, 2.05) is 6.07 Å². The molecule has 23 nitrogen and oxygen atoms in total. The molecule has 0 atom stereocenters. The van der Waals surface area contributed by atoms with Gasteiger partial charge in [0.1, 0.15) is 0 Å². The molecule has 290 valence electrons. The van der Waals surface area contributed by atoms with Gasteiger partial charge in [0.25, 0.3) is 23.2 Å². The number of anilines is 1. The molecule has 0 saturated heterocycles. The van der Waals surface area contributed by atoms with Crippen LogP contribution in [0.3, 0.4) is 0 Å². The van der Waals surface area contributed by atoms with E-state index in [0.29, 0.717) is 33.2 Å². The molecular formula is C34H29N13O10. The standard InChI is InChI=1S/C9H8N4O3.C9H10N4O.C8H5N3O4.C8H6N2O2/c1-10-9(14)8-6-4-5(13(15)16)2-3-7(6)11-12-8;1-11-9(14)8-6-4-5(10)2-3-7(6)12-13-8;12-8(13)7-5-3-4(11(14)15)1-2-6(5)9-10-7;11-8(12)7-5-3-1-2-4-6(5)9-10-7/h2-4H,1H3,(H,10,14)(H,11,12);2-4H,10H2,1H3,(H,11,14)(H,12,13);1-3H,(H,9,10)(H,12,13);1-4H,(H,9,10)(H,11,12). The number of amides is 2. The van der Waals surface area contributed by atoms with Gasteiger partial charge >= 0.3 is 11.9 Å². The Balaban J connectivity index is 0.000000146. The van der Waals surface area contributed by atoms with Crippen molar-refractivity contribution in [2.45, 2.75) is 0 Å². The Kier molecular flexibility index (Phi) is 11.7. The van der Waals surface area contributed by atoms with Crippen LogP contribution in [0.25, 0.3) is 43.6 Å². The van der Waals surface area contributed by atoms with Crippen LogP contribution in [-0.2, 0) is 0 Å². The maximum absolute atomic E-state index is 11.4. The van der Waals surface area contributed by atoms with Gasteiger partial charge in [-0.25, -0.2) is 9.59 Å². The van der Waals surface area contributed by atoms with Crippen molar-refractivity contribution in [2.24, 2.45) is 0 Å². The minimum absolute atomic E-state index is 0.0703. The number of nitrogens with zero attached hydrogens (tertiary/aromatic N) is 6. The summed E-state index contributed by atoms with van der Waals surface area (Å²) in [5.74, 6) is -2.83. The summed E-state index contributed by atoms with van der Waals surface area (Å²) in [5.41, 5.74) is 8.98. The van der Waals surface area contributed by atoms with E-state index < -0.39 is 21.8 Å². The van der Waals surface area contributed by atoms with E-state index >= 15 is 0 Å². The smallest absolute Gasteiger partial charge is 0.357 e. The van der Waals surface area contributed by atoms with Crippen LogP contribution in [0.5, 0.6) is 0 Å². The van der Waals surface area contributed by atoms with Crippen LogP contribution in [0.4, 0.5) is 17.1 Å². The predicted octanol–water partition coefficient (Wildman–Crippen LogP) is 3.77. The van der Waals surface area contributed by atoms with Gasteiger partial charge in [-0.1, -0.05) is 18.2 Å². The fourth-order valence-electron chi connectivity index (χ4n) is 5.14. The normalized spacial score (nSPS) is 10.4. The molecule has 57 heavy (non-hydrogen) atoms. The van der Waals surface area contributed by atoms with Gasteiger partial charge in [-0.15, -0.1) is 0 Å². The van der Waals surface area contributed by atoms with Gasteiger partial charge < -0.3 is 26.6 Å². The van der Waals surface area contributed by atoms with Gasteiger partial charge in [-0.2, -0.15) is 20.4 Å². The molecule has 4 aromatic carbocycles. The second-order valence-electron chi connectivity index (χ2n) is 11.4. The summed E-state index contributed by atoms with van der Waals surface area (Å²) >= 11 is 0.